The minimum Gasteiger partial charge on any atom is -0.468 e. The summed E-state index contributed by atoms with van der Waals surface area (Å²) in [6, 6.07) is 6.33. The molecule has 1 aliphatic rings. The van der Waals surface area contributed by atoms with Gasteiger partial charge in [0.15, 0.2) is 0 Å². The molecule has 1 aliphatic heterocycles. The summed E-state index contributed by atoms with van der Waals surface area (Å²) in [6.45, 7) is 5.45. The number of carbonyl (C=O) groups excluding carboxylic acids is 2. The number of carbonyl (C=O) groups is 2. The van der Waals surface area contributed by atoms with Gasteiger partial charge in [-0.05, 0) is 38.8 Å². The second-order valence-electron chi connectivity index (χ2n) is 6.62. The third-order valence-corrected chi connectivity index (χ3v) is 4.05. The molecule has 0 aliphatic carbocycles. The summed E-state index contributed by atoms with van der Waals surface area (Å²) >= 11 is 6.26. The molecule has 0 saturated carbocycles. The lowest BCUT2D eigenvalue weighted by atomic mass is 9.93. The van der Waals surface area contributed by atoms with E-state index in [1.807, 2.05) is 39.0 Å². The standard InChI is InChI=1S/C17H22ClNO4/c1-17(2,3)23-15(20)11-9-13(16(21)22-4)19-14(11)10-7-5-6-8-12(10)18/h5-8,11,13-14,19H,9H2,1-4H3/t11-,13-,14-/m0/s1. The maximum atomic E-state index is 12.6. The van der Waals surface area contributed by atoms with Crippen LogP contribution in [0.1, 0.15) is 38.8 Å². The largest absolute Gasteiger partial charge is 0.468 e. The number of halogens is 1. The van der Waals surface area contributed by atoms with Crippen LogP contribution in [-0.4, -0.2) is 30.7 Å². The molecular formula is C17H22ClNO4. The molecule has 6 heteroatoms. The predicted octanol–water partition coefficient (Wildman–Crippen LogP) is 2.87. The van der Waals surface area contributed by atoms with Crippen LogP contribution in [-0.2, 0) is 19.1 Å². The van der Waals surface area contributed by atoms with Crippen molar-refractivity contribution in [3.63, 3.8) is 0 Å². The Kier molecular flexibility index (Phi) is 5.32. The zero-order valence-electron chi connectivity index (χ0n) is 13.8. The highest BCUT2D eigenvalue weighted by atomic mass is 35.5. The van der Waals surface area contributed by atoms with Crippen LogP contribution in [0.25, 0.3) is 0 Å². The molecule has 1 aromatic carbocycles. The molecule has 0 radical (unpaired) electrons. The Bertz CT molecular complexity index is 597. The van der Waals surface area contributed by atoms with Gasteiger partial charge in [0.1, 0.15) is 11.6 Å². The molecule has 2 rings (SSSR count). The van der Waals surface area contributed by atoms with Gasteiger partial charge in [0, 0.05) is 11.1 Å². The van der Waals surface area contributed by atoms with Crippen LogP contribution >= 0.6 is 11.6 Å². The van der Waals surface area contributed by atoms with E-state index in [0.717, 1.165) is 5.56 Å². The van der Waals surface area contributed by atoms with Crippen molar-refractivity contribution in [3.05, 3.63) is 34.9 Å². The first-order valence-electron chi connectivity index (χ1n) is 7.54. The van der Waals surface area contributed by atoms with Crippen molar-refractivity contribution in [3.8, 4) is 0 Å². The molecule has 0 bridgehead atoms. The summed E-state index contributed by atoms with van der Waals surface area (Å²) in [5.74, 6) is -1.24. The van der Waals surface area contributed by atoms with E-state index in [1.165, 1.54) is 7.11 Å². The Morgan fingerprint density at radius 1 is 1.22 bits per heavy atom. The lowest BCUT2D eigenvalue weighted by Gasteiger charge is -2.25. The molecule has 1 fully saturated rings. The zero-order chi connectivity index (χ0) is 17.2. The van der Waals surface area contributed by atoms with Gasteiger partial charge < -0.3 is 9.47 Å². The van der Waals surface area contributed by atoms with Gasteiger partial charge in [0.05, 0.1) is 13.0 Å². The molecule has 23 heavy (non-hydrogen) atoms. The Labute approximate surface area is 141 Å². The lowest BCUT2D eigenvalue weighted by molar-refractivity contribution is -0.160. The highest BCUT2D eigenvalue weighted by Crippen LogP contribution is 2.37. The zero-order valence-corrected chi connectivity index (χ0v) is 14.5. The Hall–Kier alpha value is -1.59. The van der Waals surface area contributed by atoms with E-state index >= 15 is 0 Å². The Morgan fingerprint density at radius 2 is 1.87 bits per heavy atom. The summed E-state index contributed by atoms with van der Waals surface area (Å²) in [5.41, 5.74) is 0.183. The summed E-state index contributed by atoms with van der Waals surface area (Å²) in [5, 5.41) is 3.70. The van der Waals surface area contributed by atoms with E-state index in [0.29, 0.717) is 11.4 Å². The molecule has 0 spiro atoms. The van der Waals surface area contributed by atoms with E-state index in [1.54, 1.807) is 6.07 Å². The summed E-state index contributed by atoms with van der Waals surface area (Å²) in [7, 11) is 1.33. The van der Waals surface area contributed by atoms with E-state index in [9.17, 15) is 9.59 Å². The second-order valence-corrected chi connectivity index (χ2v) is 7.02. The smallest absolute Gasteiger partial charge is 0.322 e. The van der Waals surface area contributed by atoms with Gasteiger partial charge >= 0.3 is 11.9 Å². The number of benzene rings is 1. The van der Waals surface area contributed by atoms with Crippen LogP contribution in [0.15, 0.2) is 24.3 Å². The highest BCUT2D eigenvalue weighted by molar-refractivity contribution is 6.31. The molecule has 3 atom stereocenters. The fourth-order valence-corrected chi connectivity index (χ4v) is 2.99. The minimum absolute atomic E-state index is 0.317. The Morgan fingerprint density at radius 3 is 2.43 bits per heavy atom. The Balaban J connectivity index is 2.30. The number of ether oxygens (including phenoxy) is 2. The topological polar surface area (TPSA) is 64.6 Å². The minimum atomic E-state index is -0.592. The maximum absolute atomic E-state index is 12.6. The number of hydrogen-bond acceptors (Lipinski definition) is 5. The second kappa shape index (κ2) is 6.89. The molecule has 0 unspecified atom stereocenters. The van der Waals surface area contributed by atoms with Crippen LogP contribution in [0.2, 0.25) is 5.02 Å². The van der Waals surface area contributed by atoms with Crippen LogP contribution < -0.4 is 5.32 Å². The number of methoxy groups -OCH3 is 1. The summed E-state index contributed by atoms with van der Waals surface area (Å²) in [4.78, 5) is 24.4. The van der Waals surface area contributed by atoms with Gasteiger partial charge in [-0.1, -0.05) is 29.8 Å². The predicted molar refractivity (Wildman–Crippen MR) is 87.1 cm³/mol. The van der Waals surface area contributed by atoms with Crippen LogP contribution in [0.3, 0.4) is 0 Å². The SMILES string of the molecule is COC(=O)[C@@H]1C[C@H](C(=O)OC(C)(C)C)[C@H](c2ccccc2Cl)N1. The van der Waals surface area contributed by atoms with Gasteiger partial charge in [-0.15, -0.1) is 0 Å². The van der Waals surface area contributed by atoms with Crippen molar-refractivity contribution >= 4 is 23.5 Å². The van der Waals surface area contributed by atoms with Gasteiger partial charge in [-0.3, -0.25) is 14.9 Å². The highest BCUT2D eigenvalue weighted by Gasteiger charge is 2.44. The molecule has 0 amide bonds. The van der Waals surface area contributed by atoms with Crippen molar-refractivity contribution < 1.29 is 19.1 Å². The first-order valence-corrected chi connectivity index (χ1v) is 7.92. The number of rotatable bonds is 3. The molecular weight excluding hydrogens is 318 g/mol. The molecule has 126 valence electrons. The molecule has 0 aromatic heterocycles. The average Bonchev–Trinajstić information content (AvgIpc) is 2.90. The molecule has 1 saturated heterocycles. The molecule has 1 aromatic rings. The van der Waals surface area contributed by atoms with Gasteiger partial charge in [0.2, 0.25) is 0 Å². The first kappa shape index (κ1) is 17.8. The molecule has 1 N–H and O–H groups in total. The van der Waals surface area contributed by atoms with Gasteiger partial charge in [-0.2, -0.15) is 0 Å². The first-order chi connectivity index (χ1) is 10.7. The van der Waals surface area contributed by atoms with Gasteiger partial charge in [0.25, 0.3) is 0 Å². The van der Waals surface area contributed by atoms with Crippen molar-refractivity contribution in [1.29, 1.82) is 0 Å². The lowest BCUT2D eigenvalue weighted by Crippen LogP contribution is -2.34. The number of nitrogens with one attached hydrogen (secondary N) is 1. The average molecular weight is 340 g/mol. The molecule has 5 nitrogen and oxygen atoms in total. The quantitative estimate of drug-likeness (QED) is 0.858. The number of hydrogen-bond donors (Lipinski definition) is 1. The number of esters is 2. The van der Waals surface area contributed by atoms with Crippen LogP contribution in [0.4, 0.5) is 0 Å². The van der Waals surface area contributed by atoms with Crippen LogP contribution in [0, 0.1) is 5.92 Å². The van der Waals surface area contributed by atoms with Crippen molar-refractivity contribution in [1.82, 2.24) is 5.32 Å². The fraction of sp³-hybridized carbons (Fsp3) is 0.529. The van der Waals surface area contributed by atoms with Crippen molar-refractivity contribution in [2.75, 3.05) is 7.11 Å². The van der Waals surface area contributed by atoms with Crippen molar-refractivity contribution in [2.24, 2.45) is 5.92 Å². The maximum Gasteiger partial charge on any atom is 0.322 e. The monoisotopic (exact) mass is 339 g/mol. The van der Waals surface area contributed by atoms with Crippen molar-refractivity contribution in [2.45, 2.75) is 44.9 Å². The van der Waals surface area contributed by atoms with E-state index < -0.39 is 23.5 Å². The van der Waals surface area contributed by atoms with Crippen LogP contribution in [0.5, 0.6) is 0 Å². The van der Waals surface area contributed by atoms with Gasteiger partial charge in [-0.25, -0.2) is 0 Å². The summed E-state index contributed by atoms with van der Waals surface area (Å²) in [6.07, 6.45) is 0.317. The summed E-state index contributed by atoms with van der Waals surface area (Å²) < 4.78 is 10.3. The third-order valence-electron chi connectivity index (χ3n) is 3.71. The van der Waals surface area contributed by atoms with E-state index in [4.69, 9.17) is 21.1 Å². The van der Waals surface area contributed by atoms with E-state index in [2.05, 4.69) is 5.32 Å². The molecule has 1 heterocycles. The normalized spacial score (nSPS) is 24.3. The van der Waals surface area contributed by atoms with E-state index in [-0.39, 0.29) is 12.0 Å². The fourth-order valence-electron chi connectivity index (χ4n) is 2.74. The third kappa shape index (κ3) is 4.24.